The standard InChI is InChI=1S/C22H15BrO3/c23-18-9-7-14(8-10-18)22(25)26-13-21(24)17-6-5-16-11-15-3-1-2-4-19(15)20(16)12-17/h1-10,12H,11,13H2. The Kier molecular flexibility index (Phi) is 4.43. The highest BCUT2D eigenvalue weighted by atomic mass is 79.9. The second-order valence-corrected chi connectivity index (χ2v) is 7.13. The van der Waals surface area contributed by atoms with E-state index < -0.39 is 5.97 Å². The number of carbonyl (C=O) groups excluding carboxylic acids is 2. The molecule has 0 amide bonds. The van der Waals surface area contributed by atoms with Crippen molar-refractivity contribution in [3.05, 3.63) is 93.5 Å². The average Bonchev–Trinajstić information content (AvgIpc) is 3.04. The van der Waals surface area contributed by atoms with Gasteiger partial charge in [-0.2, -0.15) is 0 Å². The van der Waals surface area contributed by atoms with Crippen molar-refractivity contribution < 1.29 is 14.3 Å². The van der Waals surface area contributed by atoms with Crippen LogP contribution in [0.15, 0.2) is 71.2 Å². The van der Waals surface area contributed by atoms with E-state index in [0.29, 0.717) is 11.1 Å². The molecule has 0 unspecified atom stereocenters. The second kappa shape index (κ2) is 6.89. The molecule has 0 N–H and O–H groups in total. The fraction of sp³-hybridized carbons (Fsp3) is 0.0909. The Morgan fingerprint density at radius 2 is 1.54 bits per heavy atom. The quantitative estimate of drug-likeness (QED) is 0.351. The van der Waals surface area contributed by atoms with Gasteiger partial charge in [-0.1, -0.05) is 52.3 Å². The summed E-state index contributed by atoms with van der Waals surface area (Å²) in [5, 5.41) is 0. The summed E-state index contributed by atoms with van der Waals surface area (Å²) in [6.07, 6.45) is 0.887. The second-order valence-electron chi connectivity index (χ2n) is 6.21. The van der Waals surface area contributed by atoms with Crippen molar-refractivity contribution in [2.45, 2.75) is 6.42 Å². The van der Waals surface area contributed by atoms with Gasteiger partial charge < -0.3 is 4.74 Å². The maximum atomic E-state index is 12.5. The van der Waals surface area contributed by atoms with Gasteiger partial charge in [-0.25, -0.2) is 4.79 Å². The molecule has 0 heterocycles. The monoisotopic (exact) mass is 406 g/mol. The van der Waals surface area contributed by atoms with Crippen LogP contribution in [-0.4, -0.2) is 18.4 Å². The van der Waals surface area contributed by atoms with Gasteiger partial charge in [0.2, 0.25) is 0 Å². The molecule has 3 aromatic rings. The predicted octanol–water partition coefficient (Wildman–Crippen LogP) is 5.06. The minimum Gasteiger partial charge on any atom is -0.454 e. The topological polar surface area (TPSA) is 43.4 Å². The zero-order valence-corrected chi connectivity index (χ0v) is 15.5. The number of ketones is 1. The lowest BCUT2D eigenvalue weighted by Crippen LogP contribution is -2.14. The average molecular weight is 407 g/mol. The summed E-state index contributed by atoms with van der Waals surface area (Å²) in [4.78, 5) is 24.5. The third kappa shape index (κ3) is 3.20. The van der Waals surface area contributed by atoms with Gasteiger partial charge in [0.15, 0.2) is 12.4 Å². The van der Waals surface area contributed by atoms with Crippen molar-refractivity contribution in [2.24, 2.45) is 0 Å². The lowest BCUT2D eigenvalue weighted by Gasteiger charge is -2.07. The summed E-state index contributed by atoms with van der Waals surface area (Å²) in [6, 6.07) is 20.7. The summed E-state index contributed by atoms with van der Waals surface area (Å²) in [5.41, 5.74) is 5.73. The predicted molar refractivity (Wildman–Crippen MR) is 103 cm³/mol. The number of carbonyl (C=O) groups is 2. The van der Waals surface area contributed by atoms with E-state index in [1.807, 2.05) is 24.3 Å². The van der Waals surface area contributed by atoms with Crippen LogP contribution in [0.2, 0.25) is 0 Å². The van der Waals surface area contributed by atoms with Crippen LogP contribution in [0.1, 0.15) is 31.8 Å². The summed E-state index contributed by atoms with van der Waals surface area (Å²) in [7, 11) is 0. The van der Waals surface area contributed by atoms with Crippen molar-refractivity contribution in [3.63, 3.8) is 0 Å². The first kappa shape index (κ1) is 16.7. The van der Waals surface area contributed by atoms with Crippen molar-refractivity contribution in [2.75, 3.05) is 6.61 Å². The van der Waals surface area contributed by atoms with Gasteiger partial charge in [0.25, 0.3) is 0 Å². The molecule has 4 heteroatoms. The van der Waals surface area contributed by atoms with Crippen LogP contribution < -0.4 is 0 Å². The molecule has 128 valence electrons. The molecular weight excluding hydrogens is 392 g/mol. The number of hydrogen-bond acceptors (Lipinski definition) is 3. The van der Waals surface area contributed by atoms with Gasteiger partial charge in [-0.3, -0.25) is 4.79 Å². The van der Waals surface area contributed by atoms with E-state index in [1.54, 1.807) is 30.3 Å². The molecule has 1 aliphatic rings. The summed E-state index contributed by atoms with van der Waals surface area (Å²) < 4.78 is 6.05. The van der Waals surface area contributed by atoms with Gasteiger partial charge in [0, 0.05) is 10.0 Å². The number of hydrogen-bond donors (Lipinski definition) is 0. The maximum Gasteiger partial charge on any atom is 0.338 e. The van der Waals surface area contributed by atoms with Crippen LogP contribution in [0.4, 0.5) is 0 Å². The highest BCUT2D eigenvalue weighted by molar-refractivity contribution is 9.10. The van der Waals surface area contributed by atoms with Crippen LogP contribution in [0.5, 0.6) is 0 Å². The Morgan fingerprint density at radius 3 is 2.35 bits per heavy atom. The molecule has 0 fully saturated rings. The molecule has 0 radical (unpaired) electrons. The highest BCUT2D eigenvalue weighted by Gasteiger charge is 2.20. The largest absolute Gasteiger partial charge is 0.454 e. The van der Waals surface area contributed by atoms with Crippen molar-refractivity contribution in [1.82, 2.24) is 0 Å². The molecule has 3 aromatic carbocycles. The minimum absolute atomic E-state index is 0.206. The number of Topliss-reactive ketones (excluding diaryl/α,β-unsaturated/α-hetero) is 1. The molecule has 0 saturated carbocycles. The van der Waals surface area contributed by atoms with E-state index in [0.717, 1.165) is 16.5 Å². The lowest BCUT2D eigenvalue weighted by molar-refractivity contribution is 0.0475. The Morgan fingerprint density at radius 1 is 0.846 bits per heavy atom. The fourth-order valence-electron chi connectivity index (χ4n) is 3.18. The molecule has 0 atom stereocenters. The number of halogens is 1. The Hall–Kier alpha value is -2.72. The van der Waals surface area contributed by atoms with Crippen LogP contribution >= 0.6 is 15.9 Å². The maximum absolute atomic E-state index is 12.5. The van der Waals surface area contributed by atoms with Crippen molar-refractivity contribution >= 4 is 27.7 Å². The van der Waals surface area contributed by atoms with Crippen LogP contribution in [0, 0.1) is 0 Å². The third-order valence-corrected chi connectivity index (χ3v) is 5.06. The third-order valence-electron chi connectivity index (χ3n) is 4.53. The molecule has 0 spiro atoms. The zero-order chi connectivity index (χ0) is 18.1. The first-order valence-corrected chi connectivity index (χ1v) is 9.08. The Balaban J connectivity index is 1.48. The molecule has 1 aliphatic carbocycles. The number of esters is 1. The summed E-state index contributed by atoms with van der Waals surface area (Å²) in [6.45, 7) is -0.269. The number of fused-ring (bicyclic) bond motifs is 3. The van der Waals surface area contributed by atoms with Crippen LogP contribution in [0.25, 0.3) is 11.1 Å². The number of rotatable bonds is 4. The van der Waals surface area contributed by atoms with Crippen LogP contribution in [0.3, 0.4) is 0 Å². The first-order valence-electron chi connectivity index (χ1n) is 8.29. The van der Waals surface area contributed by atoms with E-state index in [2.05, 4.69) is 28.1 Å². The fourth-order valence-corrected chi connectivity index (χ4v) is 3.45. The normalized spacial score (nSPS) is 11.6. The molecule has 0 bridgehead atoms. The van der Waals surface area contributed by atoms with Gasteiger partial charge >= 0.3 is 5.97 Å². The van der Waals surface area contributed by atoms with Crippen molar-refractivity contribution in [1.29, 1.82) is 0 Å². The Labute approximate surface area is 159 Å². The van der Waals surface area contributed by atoms with Gasteiger partial charge in [-0.05, 0) is 59.0 Å². The summed E-state index contributed by atoms with van der Waals surface area (Å²) in [5.74, 6) is -0.708. The van der Waals surface area contributed by atoms with Crippen LogP contribution in [-0.2, 0) is 11.2 Å². The first-order chi connectivity index (χ1) is 12.6. The SMILES string of the molecule is O=C(COC(=O)c1ccc(Br)cc1)c1ccc2c(c1)-c1ccccc1C2. The molecule has 0 aromatic heterocycles. The molecular formula is C22H15BrO3. The molecule has 4 rings (SSSR count). The smallest absolute Gasteiger partial charge is 0.338 e. The van der Waals surface area contributed by atoms with E-state index in [9.17, 15) is 9.59 Å². The van der Waals surface area contributed by atoms with E-state index in [1.165, 1.54) is 16.7 Å². The van der Waals surface area contributed by atoms with E-state index in [-0.39, 0.29) is 12.4 Å². The molecule has 26 heavy (non-hydrogen) atoms. The zero-order valence-electron chi connectivity index (χ0n) is 13.9. The number of ether oxygens (including phenoxy) is 1. The van der Waals surface area contributed by atoms with E-state index in [4.69, 9.17) is 4.74 Å². The number of benzene rings is 3. The minimum atomic E-state index is -0.502. The molecule has 3 nitrogen and oxygen atoms in total. The van der Waals surface area contributed by atoms with Gasteiger partial charge in [0.05, 0.1) is 5.56 Å². The van der Waals surface area contributed by atoms with Crippen molar-refractivity contribution in [3.8, 4) is 11.1 Å². The molecule has 0 saturated heterocycles. The van der Waals surface area contributed by atoms with Gasteiger partial charge in [-0.15, -0.1) is 0 Å². The molecule has 0 aliphatic heterocycles. The van der Waals surface area contributed by atoms with E-state index >= 15 is 0 Å². The Bertz CT molecular complexity index is 1010. The summed E-state index contributed by atoms with van der Waals surface area (Å²) >= 11 is 3.32. The van der Waals surface area contributed by atoms with Gasteiger partial charge in [0.1, 0.15) is 0 Å². The highest BCUT2D eigenvalue weighted by Crippen LogP contribution is 2.36. The lowest BCUT2D eigenvalue weighted by atomic mass is 10.0.